The van der Waals surface area contributed by atoms with Gasteiger partial charge in [0.25, 0.3) is 0 Å². The third-order valence-electron chi connectivity index (χ3n) is 2.03. The van der Waals surface area contributed by atoms with Crippen molar-refractivity contribution in [3.63, 3.8) is 0 Å². The van der Waals surface area contributed by atoms with Crippen molar-refractivity contribution in [3.8, 4) is 6.07 Å². The molecule has 0 fully saturated rings. The summed E-state index contributed by atoms with van der Waals surface area (Å²) in [6.45, 7) is 0.446. The van der Waals surface area contributed by atoms with Gasteiger partial charge in [0.15, 0.2) is 5.82 Å². The predicted octanol–water partition coefficient (Wildman–Crippen LogP) is 1.14. The van der Waals surface area contributed by atoms with Gasteiger partial charge < -0.3 is 15.6 Å². The van der Waals surface area contributed by atoms with Crippen LogP contribution < -0.4 is 11.1 Å². The number of hydrogen-bond donors (Lipinski definition) is 2. The minimum atomic E-state index is 0.445. The number of benzene rings is 1. The van der Waals surface area contributed by atoms with Crippen molar-refractivity contribution in [2.75, 3.05) is 11.1 Å². The topological polar surface area (TPSA) is 101 Å². The van der Waals surface area contributed by atoms with Gasteiger partial charge in [0, 0.05) is 5.69 Å². The highest BCUT2D eigenvalue weighted by molar-refractivity contribution is 5.62. The van der Waals surface area contributed by atoms with Crippen LogP contribution in [0.4, 0.5) is 11.4 Å². The molecule has 1 aromatic heterocycles. The molecular formula is C10H9N5O. The number of nitrogens with zero attached hydrogens (tertiary/aromatic N) is 3. The van der Waals surface area contributed by atoms with E-state index in [0.29, 0.717) is 23.6 Å². The Balaban J connectivity index is 2.06. The lowest BCUT2D eigenvalue weighted by atomic mass is 10.2. The first-order valence-corrected chi connectivity index (χ1v) is 4.58. The van der Waals surface area contributed by atoms with E-state index in [2.05, 4.69) is 20.0 Å². The highest BCUT2D eigenvalue weighted by Gasteiger charge is 2.01. The highest BCUT2D eigenvalue weighted by atomic mass is 16.5. The van der Waals surface area contributed by atoms with Crippen LogP contribution in [0.25, 0.3) is 0 Å². The SMILES string of the molecule is N#Cc1ccc(NCc2ncon2)cc1N. The van der Waals surface area contributed by atoms with E-state index in [-0.39, 0.29) is 0 Å². The first kappa shape index (κ1) is 9.98. The Kier molecular flexibility index (Phi) is 2.69. The van der Waals surface area contributed by atoms with Gasteiger partial charge in [-0.1, -0.05) is 5.16 Å². The molecule has 1 aromatic carbocycles. The van der Waals surface area contributed by atoms with E-state index in [9.17, 15) is 0 Å². The van der Waals surface area contributed by atoms with E-state index in [1.165, 1.54) is 6.39 Å². The van der Waals surface area contributed by atoms with Crippen LogP contribution in [0, 0.1) is 11.3 Å². The van der Waals surface area contributed by atoms with Crippen molar-refractivity contribution in [2.45, 2.75) is 6.54 Å². The molecule has 0 saturated heterocycles. The number of nitriles is 1. The maximum absolute atomic E-state index is 8.71. The fourth-order valence-corrected chi connectivity index (χ4v) is 1.23. The van der Waals surface area contributed by atoms with Crippen molar-refractivity contribution >= 4 is 11.4 Å². The van der Waals surface area contributed by atoms with Crippen molar-refractivity contribution in [3.05, 3.63) is 36.0 Å². The lowest BCUT2D eigenvalue weighted by Gasteiger charge is -2.05. The van der Waals surface area contributed by atoms with Gasteiger partial charge in [0.2, 0.25) is 6.39 Å². The predicted molar refractivity (Wildman–Crippen MR) is 57.2 cm³/mol. The van der Waals surface area contributed by atoms with Crippen molar-refractivity contribution in [1.29, 1.82) is 5.26 Å². The second kappa shape index (κ2) is 4.31. The molecule has 0 unspecified atom stereocenters. The second-order valence-electron chi connectivity index (χ2n) is 3.11. The summed E-state index contributed by atoms with van der Waals surface area (Å²) in [5.74, 6) is 0.558. The molecule has 3 N–H and O–H groups in total. The van der Waals surface area contributed by atoms with Crippen LogP contribution in [0.3, 0.4) is 0 Å². The fourth-order valence-electron chi connectivity index (χ4n) is 1.23. The quantitative estimate of drug-likeness (QED) is 0.744. The zero-order valence-electron chi connectivity index (χ0n) is 8.34. The van der Waals surface area contributed by atoms with E-state index in [0.717, 1.165) is 5.69 Å². The summed E-state index contributed by atoms with van der Waals surface area (Å²) >= 11 is 0. The van der Waals surface area contributed by atoms with Crippen LogP contribution in [0.5, 0.6) is 0 Å². The summed E-state index contributed by atoms with van der Waals surface area (Å²) in [7, 11) is 0. The van der Waals surface area contributed by atoms with Crippen molar-refractivity contribution in [2.24, 2.45) is 0 Å². The maximum Gasteiger partial charge on any atom is 0.213 e. The average Bonchev–Trinajstić information content (AvgIpc) is 2.79. The number of nitrogen functional groups attached to an aromatic ring is 1. The summed E-state index contributed by atoms with van der Waals surface area (Å²) in [6.07, 6.45) is 1.27. The monoisotopic (exact) mass is 215 g/mol. The number of nitrogens with two attached hydrogens (primary N) is 1. The van der Waals surface area contributed by atoms with E-state index in [4.69, 9.17) is 11.0 Å². The molecule has 6 nitrogen and oxygen atoms in total. The minimum Gasteiger partial charge on any atom is -0.398 e. The van der Waals surface area contributed by atoms with Gasteiger partial charge in [0.05, 0.1) is 17.8 Å². The molecule has 1 heterocycles. The Labute approximate surface area is 91.7 Å². The number of aromatic nitrogens is 2. The summed E-state index contributed by atoms with van der Waals surface area (Å²) in [6, 6.07) is 7.13. The molecule has 0 aliphatic carbocycles. The van der Waals surface area contributed by atoms with E-state index in [1.807, 2.05) is 6.07 Å². The van der Waals surface area contributed by atoms with Gasteiger partial charge in [-0.15, -0.1) is 0 Å². The zero-order chi connectivity index (χ0) is 11.4. The summed E-state index contributed by atoms with van der Waals surface area (Å²) < 4.78 is 4.59. The van der Waals surface area contributed by atoms with Crippen LogP contribution in [0.15, 0.2) is 29.1 Å². The molecule has 0 saturated carbocycles. The van der Waals surface area contributed by atoms with E-state index >= 15 is 0 Å². The van der Waals surface area contributed by atoms with Gasteiger partial charge >= 0.3 is 0 Å². The van der Waals surface area contributed by atoms with Crippen molar-refractivity contribution in [1.82, 2.24) is 10.1 Å². The molecule has 6 heteroatoms. The molecule has 0 radical (unpaired) electrons. The Morgan fingerprint density at radius 3 is 3.00 bits per heavy atom. The summed E-state index contributed by atoms with van der Waals surface area (Å²) in [5.41, 5.74) is 7.38. The molecular weight excluding hydrogens is 206 g/mol. The van der Waals surface area contributed by atoms with Crippen LogP contribution >= 0.6 is 0 Å². The fraction of sp³-hybridized carbons (Fsp3) is 0.100. The number of rotatable bonds is 3. The van der Waals surface area contributed by atoms with Crippen molar-refractivity contribution < 1.29 is 4.52 Å². The number of anilines is 2. The summed E-state index contributed by atoms with van der Waals surface area (Å²) in [4.78, 5) is 3.86. The van der Waals surface area contributed by atoms with Gasteiger partial charge in [0.1, 0.15) is 6.07 Å². The molecule has 0 aliphatic rings. The molecule has 80 valence electrons. The Morgan fingerprint density at radius 1 is 1.50 bits per heavy atom. The zero-order valence-corrected chi connectivity index (χ0v) is 8.34. The Morgan fingerprint density at radius 2 is 2.38 bits per heavy atom. The molecule has 0 bridgehead atoms. The highest BCUT2D eigenvalue weighted by Crippen LogP contribution is 2.17. The third-order valence-corrected chi connectivity index (χ3v) is 2.03. The van der Waals surface area contributed by atoms with Crippen LogP contribution in [0.2, 0.25) is 0 Å². The molecule has 0 spiro atoms. The van der Waals surface area contributed by atoms with Crippen LogP contribution in [-0.2, 0) is 6.54 Å². The largest absolute Gasteiger partial charge is 0.398 e. The van der Waals surface area contributed by atoms with Crippen LogP contribution in [-0.4, -0.2) is 10.1 Å². The first-order valence-electron chi connectivity index (χ1n) is 4.58. The standard InChI is InChI=1S/C10H9N5O/c11-4-7-1-2-8(3-9(7)12)13-5-10-14-6-16-15-10/h1-3,6,13H,5,12H2. The second-order valence-corrected chi connectivity index (χ2v) is 3.11. The van der Waals surface area contributed by atoms with Gasteiger partial charge in [-0.05, 0) is 18.2 Å². The molecule has 2 rings (SSSR count). The molecule has 0 aliphatic heterocycles. The third kappa shape index (κ3) is 2.09. The smallest absolute Gasteiger partial charge is 0.213 e. The van der Waals surface area contributed by atoms with Crippen LogP contribution in [0.1, 0.15) is 11.4 Å². The summed E-state index contributed by atoms with van der Waals surface area (Å²) in [5, 5.41) is 15.4. The van der Waals surface area contributed by atoms with Gasteiger partial charge in [-0.25, -0.2) is 0 Å². The first-order chi connectivity index (χ1) is 7.79. The van der Waals surface area contributed by atoms with E-state index < -0.39 is 0 Å². The Bertz CT molecular complexity index is 515. The lowest BCUT2D eigenvalue weighted by molar-refractivity contribution is 0.411. The number of nitrogens with one attached hydrogen (secondary N) is 1. The van der Waals surface area contributed by atoms with E-state index in [1.54, 1.807) is 18.2 Å². The number of hydrogen-bond acceptors (Lipinski definition) is 6. The maximum atomic E-state index is 8.71. The van der Waals surface area contributed by atoms with Gasteiger partial charge in [-0.2, -0.15) is 10.2 Å². The molecule has 2 aromatic rings. The molecule has 16 heavy (non-hydrogen) atoms. The van der Waals surface area contributed by atoms with Gasteiger partial charge in [-0.3, -0.25) is 0 Å². The Hall–Kier alpha value is -2.55. The minimum absolute atomic E-state index is 0.445. The average molecular weight is 215 g/mol. The lowest BCUT2D eigenvalue weighted by Crippen LogP contribution is -2.02. The molecule has 0 amide bonds. The molecule has 0 atom stereocenters. The normalized spacial score (nSPS) is 9.69.